The van der Waals surface area contributed by atoms with Gasteiger partial charge in [-0.15, -0.1) is 0 Å². The lowest BCUT2D eigenvalue weighted by Gasteiger charge is -2.09. The molecule has 0 spiro atoms. The number of hydrogen-bond donors (Lipinski definition) is 1. The van der Waals surface area contributed by atoms with E-state index in [1.165, 1.54) is 0 Å². The number of hydrogen-bond acceptors (Lipinski definition) is 2. The molecular weight excluding hydrogens is 230 g/mol. The molecule has 0 bridgehead atoms. The van der Waals surface area contributed by atoms with Crippen LogP contribution >= 0.6 is 0 Å². The van der Waals surface area contributed by atoms with Crippen molar-refractivity contribution >= 4 is 5.97 Å². The van der Waals surface area contributed by atoms with Crippen LogP contribution in [0.5, 0.6) is 0 Å². The minimum absolute atomic E-state index is 0.382. The number of aryl methyl sites for hydroxylation is 3. The fourth-order valence-electron chi connectivity index (χ4n) is 2.21. The molecule has 0 unspecified atom stereocenters. The third-order valence-corrected chi connectivity index (χ3v) is 3.28. The second-order valence-corrected chi connectivity index (χ2v) is 4.45. The standard InChI is InChI=1S/C13H17N3O2/c1-9-8-11(13(17)18)10(2)16(9)6-4-12-14-5-7-15(12)3/h5,7-8H,4,6H2,1-3H3,(H,17,18). The highest BCUT2D eigenvalue weighted by Crippen LogP contribution is 2.15. The number of imidazole rings is 1. The molecule has 0 radical (unpaired) electrons. The normalized spacial score (nSPS) is 10.8. The van der Waals surface area contributed by atoms with Crippen LogP contribution in [0, 0.1) is 13.8 Å². The molecular formula is C13H17N3O2. The topological polar surface area (TPSA) is 60.0 Å². The molecule has 96 valence electrons. The Hall–Kier alpha value is -2.04. The first-order valence-electron chi connectivity index (χ1n) is 5.87. The summed E-state index contributed by atoms with van der Waals surface area (Å²) in [6, 6.07) is 1.72. The Morgan fingerprint density at radius 1 is 1.44 bits per heavy atom. The van der Waals surface area contributed by atoms with Crippen molar-refractivity contribution in [2.75, 3.05) is 0 Å². The van der Waals surface area contributed by atoms with Gasteiger partial charge in [0.1, 0.15) is 5.82 Å². The van der Waals surface area contributed by atoms with Crippen LogP contribution in [0.4, 0.5) is 0 Å². The third-order valence-electron chi connectivity index (χ3n) is 3.28. The van der Waals surface area contributed by atoms with Crippen LogP contribution in [0.3, 0.4) is 0 Å². The molecule has 2 aromatic heterocycles. The molecule has 0 saturated heterocycles. The van der Waals surface area contributed by atoms with Crippen LogP contribution in [0.1, 0.15) is 27.6 Å². The van der Waals surface area contributed by atoms with Gasteiger partial charge < -0.3 is 14.2 Å². The third kappa shape index (κ3) is 2.16. The van der Waals surface area contributed by atoms with E-state index in [2.05, 4.69) is 4.98 Å². The van der Waals surface area contributed by atoms with Crippen molar-refractivity contribution in [2.45, 2.75) is 26.8 Å². The number of nitrogens with zero attached hydrogens (tertiary/aromatic N) is 3. The number of aromatic nitrogens is 3. The molecule has 0 fully saturated rings. The second-order valence-electron chi connectivity index (χ2n) is 4.45. The van der Waals surface area contributed by atoms with E-state index in [-0.39, 0.29) is 0 Å². The summed E-state index contributed by atoms with van der Waals surface area (Å²) in [5.41, 5.74) is 2.15. The van der Waals surface area contributed by atoms with Gasteiger partial charge in [-0.3, -0.25) is 0 Å². The van der Waals surface area contributed by atoms with Gasteiger partial charge in [0.2, 0.25) is 0 Å². The number of carboxylic acids is 1. The summed E-state index contributed by atoms with van der Waals surface area (Å²) in [6.45, 7) is 4.52. The molecule has 0 aliphatic carbocycles. The van der Waals surface area contributed by atoms with Gasteiger partial charge in [0.05, 0.1) is 5.56 Å². The molecule has 2 heterocycles. The predicted molar refractivity (Wildman–Crippen MR) is 67.8 cm³/mol. The average Bonchev–Trinajstić information content (AvgIpc) is 2.82. The molecule has 5 nitrogen and oxygen atoms in total. The van der Waals surface area contributed by atoms with Crippen LogP contribution in [0.25, 0.3) is 0 Å². The van der Waals surface area contributed by atoms with Gasteiger partial charge in [0, 0.05) is 43.8 Å². The summed E-state index contributed by atoms with van der Waals surface area (Å²) in [4.78, 5) is 15.3. The maximum absolute atomic E-state index is 11.0. The van der Waals surface area contributed by atoms with Crippen molar-refractivity contribution in [1.29, 1.82) is 0 Å². The molecule has 18 heavy (non-hydrogen) atoms. The van der Waals surface area contributed by atoms with Gasteiger partial charge >= 0.3 is 5.97 Å². The minimum atomic E-state index is -0.869. The van der Waals surface area contributed by atoms with Crippen LogP contribution < -0.4 is 0 Å². The maximum Gasteiger partial charge on any atom is 0.337 e. The Kier molecular flexibility index (Phi) is 3.23. The van der Waals surface area contributed by atoms with Crippen molar-refractivity contribution in [3.63, 3.8) is 0 Å². The quantitative estimate of drug-likeness (QED) is 0.895. The zero-order valence-corrected chi connectivity index (χ0v) is 10.8. The van der Waals surface area contributed by atoms with Crippen molar-refractivity contribution in [3.8, 4) is 0 Å². The van der Waals surface area contributed by atoms with Crippen molar-refractivity contribution < 1.29 is 9.90 Å². The zero-order chi connectivity index (χ0) is 13.3. The molecule has 1 N–H and O–H groups in total. The lowest BCUT2D eigenvalue weighted by atomic mass is 10.2. The van der Waals surface area contributed by atoms with E-state index in [4.69, 9.17) is 5.11 Å². The summed E-state index contributed by atoms with van der Waals surface area (Å²) in [7, 11) is 1.96. The summed E-state index contributed by atoms with van der Waals surface area (Å²) >= 11 is 0. The van der Waals surface area contributed by atoms with Gasteiger partial charge in [0.15, 0.2) is 0 Å². The Morgan fingerprint density at radius 3 is 2.67 bits per heavy atom. The molecule has 0 amide bonds. The monoisotopic (exact) mass is 247 g/mol. The highest BCUT2D eigenvalue weighted by atomic mass is 16.4. The van der Waals surface area contributed by atoms with Crippen LogP contribution in [-0.4, -0.2) is 25.2 Å². The van der Waals surface area contributed by atoms with Crippen LogP contribution in [-0.2, 0) is 20.0 Å². The highest BCUT2D eigenvalue weighted by molar-refractivity contribution is 5.89. The fraction of sp³-hybridized carbons (Fsp3) is 0.385. The number of carboxylic acid groups (broad SMARTS) is 1. The SMILES string of the molecule is Cc1cc(C(=O)O)c(C)n1CCc1nccn1C. The molecule has 0 aromatic carbocycles. The Labute approximate surface area is 106 Å². The van der Waals surface area contributed by atoms with Crippen molar-refractivity contribution in [1.82, 2.24) is 14.1 Å². The molecule has 0 atom stereocenters. The van der Waals surface area contributed by atoms with E-state index < -0.39 is 5.97 Å². The van der Waals surface area contributed by atoms with Crippen LogP contribution in [0.2, 0.25) is 0 Å². The summed E-state index contributed by atoms with van der Waals surface area (Å²) in [5, 5.41) is 9.07. The number of carbonyl (C=O) groups is 1. The van der Waals surface area contributed by atoms with E-state index in [9.17, 15) is 4.79 Å². The van der Waals surface area contributed by atoms with E-state index in [1.54, 1.807) is 12.3 Å². The number of rotatable bonds is 4. The highest BCUT2D eigenvalue weighted by Gasteiger charge is 2.14. The summed E-state index contributed by atoms with van der Waals surface area (Å²) in [6.07, 6.45) is 4.47. The lowest BCUT2D eigenvalue weighted by Crippen LogP contribution is -2.09. The Morgan fingerprint density at radius 2 is 2.17 bits per heavy atom. The lowest BCUT2D eigenvalue weighted by molar-refractivity contribution is 0.0696. The first kappa shape index (κ1) is 12.4. The zero-order valence-electron chi connectivity index (χ0n) is 10.8. The predicted octanol–water partition coefficient (Wildman–Crippen LogP) is 1.78. The molecule has 2 rings (SSSR count). The summed E-state index contributed by atoms with van der Waals surface area (Å²) in [5.74, 6) is 0.130. The van der Waals surface area contributed by atoms with E-state index in [0.717, 1.165) is 30.2 Å². The van der Waals surface area contributed by atoms with Gasteiger partial charge in [-0.2, -0.15) is 0 Å². The first-order chi connectivity index (χ1) is 8.50. The van der Waals surface area contributed by atoms with Gasteiger partial charge in [-0.05, 0) is 19.9 Å². The molecule has 5 heteroatoms. The largest absolute Gasteiger partial charge is 0.478 e. The van der Waals surface area contributed by atoms with Crippen molar-refractivity contribution in [3.05, 3.63) is 41.2 Å². The molecule has 2 aromatic rings. The Bertz CT molecular complexity index is 581. The van der Waals surface area contributed by atoms with Gasteiger partial charge in [-0.1, -0.05) is 0 Å². The fourth-order valence-corrected chi connectivity index (χ4v) is 2.21. The van der Waals surface area contributed by atoms with E-state index in [1.807, 2.05) is 36.2 Å². The molecule has 0 aliphatic heterocycles. The van der Waals surface area contributed by atoms with E-state index in [0.29, 0.717) is 5.56 Å². The maximum atomic E-state index is 11.0. The average molecular weight is 247 g/mol. The molecule has 0 saturated carbocycles. The smallest absolute Gasteiger partial charge is 0.337 e. The van der Waals surface area contributed by atoms with Crippen molar-refractivity contribution in [2.24, 2.45) is 7.05 Å². The van der Waals surface area contributed by atoms with Gasteiger partial charge in [0.25, 0.3) is 0 Å². The summed E-state index contributed by atoms with van der Waals surface area (Å²) < 4.78 is 4.00. The Balaban J connectivity index is 2.20. The molecule has 0 aliphatic rings. The second kappa shape index (κ2) is 4.68. The van der Waals surface area contributed by atoms with Gasteiger partial charge in [-0.25, -0.2) is 9.78 Å². The first-order valence-corrected chi connectivity index (χ1v) is 5.87. The number of aromatic carboxylic acids is 1. The van der Waals surface area contributed by atoms with E-state index >= 15 is 0 Å². The minimum Gasteiger partial charge on any atom is -0.478 e. The van der Waals surface area contributed by atoms with Crippen LogP contribution in [0.15, 0.2) is 18.5 Å².